The SMILES string of the molecule is O=C(CCN1C(=O)C2SC=CC2N(Cc2cccc([N+](=O)[O-])c2)C1=O)NCCc1ccc(Cl)cc1. The van der Waals surface area contributed by atoms with Crippen LogP contribution in [0.2, 0.25) is 5.02 Å². The van der Waals surface area contributed by atoms with Crippen LogP contribution in [-0.2, 0) is 22.6 Å². The highest BCUT2D eigenvalue weighted by Crippen LogP contribution is 2.35. The molecule has 1 saturated heterocycles. The number of fused-ring (bicyclic) bond motifs is 1. The van der Waals surface area contributed by atoms with Crippen LogP contribution in [0.1, 0.15) is 17.5 Å². The number of imide groups is 1. The maximum atomic E-state index is 13.3. The summed E-state index contributed by atoms with van der Waals surface area (Å²) < 4.78 is 0. The number of hydrogen-bond donors (Lipinski definition) is 1. The molecule has 1 fully saturated rings. The van der Waals surface area contributed by atoms with E-state index < -0.39 is 22.2 Å². The number of nitrogens with zero attached hydrogens (tertiary/aromatic N) is 3. The smallest absolute Gasteiger partial charge is 0.327 e. The van der Waals surface area contributed by atoms with Crippen molar-refractivity contribution in [3.8, 4) is 0 Å². The maximum Gasteiger partial charge on any atom is 0.327 e. The van der Waals surface area contributed by atoms with E-state index in [1.165, 1.54) is 28.8 Å². The first kappa shape index (κ1) is 24.7. The number of halogens is 1. The van der Waals surface area contributed by atoms with Gasteiger partial charge in [0, 0.05) is 43.2 Å². The Morgan fingerprint density at radius 2 is 1.91 bits per heavy atom. The van der Waals surface area contributed by atoms with Gasteiger partial charge in [-0.05, 0) is 35.1 Å². The molecule has 0 aliphatic carbocycles. The van der Waals surface area contributed by atoms with Crippen LogP contribution in [-0.4, -0.2) is 56.9 Å². The van der Waals surface area contributed by atoms with E-state index in [0.717, 1.165) is 10.5 Å². The van der Waals surface area contributed by atoms with Crippen molar-refractivity contribution in [2.24, 2.45) is 0 Å². The number of nitro benzene ring substituents is 1. The molecule has 2 aromatic rings. The second-order valence-corrected chi connectivity index (χ2v) is 9.67. The molecule has 9 nitrogen and oxygen atoms in total. The molecule has 35 heavy (non-hydrogen) atoms. The number of benzene rings is 2. The van der Waals surface area contributed by atoms with Gasteiger partial charge >= 0.3 is 6.03 Å². The highest BCUT2D eigenvalue weighted by Gasteiger charge is 2.47. The maximum absolute atomic E-state index is 13.3. The molecule has 0 bridgehead atoms. The average molecular weight is 515 g/mol. The molecule has 2 heterocycles. The van der Waals surface area contributed by atoms with Crippen LogP contribution in [0.15, 0.2) is 60.0 Å². The highest BCUT2D eigenvalue weighted by molar-refractivity contribution is 8.03. The van der Waals surface area contributed by atoms with Gasteiger partial charge in [0.25, 0.3) is 5.69 Å². The van der Waals surface area contributed by atoms with Crippen molar-refractivity contribution in [2.75, 3.05) is 13.1 Å². The quantitative estimate of drug-likeness (QED) is 0.402. The average Bonchev–Trinajstić information content (AvgIpc) is 3.33. The van der Waals surface area contributed by atoms with E-state index in [0.29, 0.717) is 23.6 Å². The Bertz CT molecular complexity index is 1170. The lowest BCUT2D eigenvalue weighted by atomic mass is 10.1. The standard InChI is InChI=1S/C24H23ClN4O5S/c25-18-6-4-16(5-7-18)8-11-26-21(30)9-12-27-23(31)22-20(10-13-35-22)28(24(27)32)15-17-2-1-3-19(14-17)29(33)34/h1-7,10,13-14,20,22H,8-9,11-12,15H2,(H,26,30). The first-order chi connectivity index (χ1) is 16.8. The predicted octanol–water partition coefficient (Wildman–Crippen LogP) is 3.76. The number of nitro groups is 1. The molecule has 2 unspecified atom stereocenters. The molecule has 182 valence electrons. The van der Waals surface area contributed by atoms with Gasteiger partial charge in [-0.15, -0.1) is 11.8 Å². The van der Waals surface area contributed by atoms with Crippen LogP contribution >= 0.6 is 23.4 Å². The number of amides is 4. The second-order valence-electron chi connectivity index (χ2n) is 8.18. The van der Waals surface area contributed by atoms with Crippen molar-refractivity contribution >= 4 is 46.9 Å². The highest BCUT2D eigenvalue weighted by atomic mass is 35.5. The third-order valence-corrected chi connectivity index (χ3v) is 7.18. The minimum Gasteiger partial charge on any atom is -0.356 e. The van der Waals surface area contributed by atoms with Crippen LogP contribution in [0.5, 0.6) is 0 Å². The fourth-order valence-electron chi connectivity index (χ4n) is 4.04. The molecule has 2 aromatic carbocycles. The van der Waals surface area contributed by atoms with Crippen molar-refractivity contribution in [3.63, 3.8) is 0 Å². The normalized spacial score (nSPS) is 19.1. The van der Waals surface area contributed by atoms with Crippen LogP contribution in [0.25, 0.3) is 0 Å². The van der Waals surface area contributed by atoms with Gasteiger partial charge in [0.2, 0.25) is 11.8 Å². The van der Waals surface area contributed by atoms with Crippen molar-refractivity contribution < 1.29 is 19.3 Å². The molecule has 0 aromatic heterocycles. The van der Waals surface area contributed by atoms with Gasteiger partial charge in [0.05, 0.1) is 11.0 Å². The second kappa shape index (κ2) is 10.9. The minimum atomic E-state index is -0.510. The van der Waals surface area contributed by atoms with Crippen LogP contribution in [0.4, 0.5) is 10.5 Å². The summed E-state index contributed by atoms with van der Waals surface area (Å²) in [5.74, 6) is -0.594. The van der Waals surface area contributed by atoms with E-state index in [1.54, 1.807) is 35.7 Å². The van der Waals surface area contributed by atoms with E-state index in [1.807, 2.05) is 12.1 Å². The lowest BCUT2D eigenvalue weighted by Crippen LogP contribution is -2.61. The lowest BCUT2D eigenvalue weighted by Gasteiger charge is -2.41. The molecule has 0 radical (unpaired) electrons. The van der Waals surface area contributed by atoms with Crippen molar-refractivity contribution in [3.05, 3.63) is 86.3 Å². The Hall–Kier alpha value is -3.37. The molecule has 2 aliphatic rings. The molecule has 4 amide bonds. The van der Waals surface area contributed by atoms with Gasteiger partial charge in [0.15, 0.2) is 0 Å². The van der Waals surface area contributed by atoms with Crippen LogP contribution < -0.4 is 5.32 Å². The number of thioether (sulfide) groups is 1. The monoisotopic (exact) mass is 514 g/mol. The van der Waals surface area contributed by atoms with Crippen molar-refractivity contribution in [1.29, 1.82) is 0 Å². The summed E-state index contributed by atoms with van der Waals surface area (Å²) >= 11 is 7.20. The summed E-state index contributed by atoms with van der Waals surface area (Å²) in [5, 5.41) is 15.9. The molecule has 4 rings (SSSR count). The molecular weight excluding hydrogens is 492 g/mol. The Labute approximate surface area is 211 Å². The van der Waals surface area contributed by atoms with Gasteiger partial charge in [-0.25, -0.2) is 4.79 Å². The lowest BCUT2D eigenvalue weighted by molar-refractivity contribution is -0.384. The Morgan fingerprint density at radius 1 is 1.14 bits per heavy atom. The number of carbonyl (C=O) groups is 3. The van der Waals surface area contributed by atoms with E-state index in [4.69, 9.17) is 11.6 Å². The fourth-order valence-corrected chi connectivity index (χ4v) is 5.23. The minimum absolute atomic E-state index is 0.0156. The molecular formula is C24H23ClN4O5S. The number of nitrogens with one attached hydrogen (secondary N) is 1. The van der Waals surface area contributed by atoms with Crippen LogP contribution in [0.3, 0.4) is 0 Å². The molecule has 1 N–H and O–H groups in total. The first-order valence-corrected chi connectivity index (χ1v) is 12.3. The van der Waals surface area contributed by atoms with Crippen molar-refractivity contribution in [1.82, 2.24) is 15.1 Å². The predicted molar refractivity (Wildman–Crippen MR) is 133 cm³/mol. The number of non-ortho nitro benzene ring substituents is 1. The number of carbonyl (C=O) groups excluding carboxylic acids is 3. The van der Waals surface area contributed by atoms with E-state index in [9.17, 15) is 24.5 Å². The summed E-state index contributed by atoms with van der Waals surface area (Å²) in [7, 11) is 0. The van der Waals surface area contributed by atoms with Gasteiger partial charge in [0.1, 0.15) is 5.25 Å². The summed E-state index contributed by atoms with van der Waals surface area (Å²) in [5.41, 5.74) is 1.55. The number of urea groups is 1. The zero-order chi connectivity index (χ0) is 24.9. The summed E-state index contributed by atoms with van der Waals surface area (Å²) in [6.45, 7) is 0.495. The zero-order valence-corrected chi connectivity index (χ0v) is 20.2. The molecule has 2 atom stereocenters. The van der Waals surface area contributed by atoms with Gasteiger partial charge < -0.3 is 10.2 Å². The third-order valence-electron chi connectivity index (χ3n) is 5.84. The van der Waals surface area contributed by atoms with E-state index in [-0.39, 0.29) is 37.0 Å². The first-order valence-electron chi connectivity index (χ1n) is 11.0. The largest absolute Gasteiger partial charge is 0.356 e. The Balaban J connectivity index is 1.37. The topological polar surface area (TPSA) is 113 Å². The van der Waals surface area contributed by atoms with Crippen molar-refractivity contribution in [2.45, 2.75) is 30.7 Å². The van der Waals surface area contributed by atoms with Crippen LogP contribution in [0, 0.1) is 10.1 Å². The zero-order valence-electron chi connectivity index (χ0n) is 18.6. The summed E-state index contributed by atoms with van der Waals surface area (Å²) in [6.07, 6.45) is 2.41. The van der Waals surface area contributed by atoms with E-state index in [2.05, 4.69) is 5.32 Å². The number of rotatable bonds is 9. The van der Waals surface area contributed by atoms with E-state index >= 15 is 0 Å². The number of hydrogen-bond acceptors (Lipinski definition) is 6. The molecule has 2 aliphatic heterocycles. The molecule has 11 heteroatoms. The Morgan fingerprint density at radius 3 is 2.66 bits per heavy atom. The summed E-state index contributed by atoms with van der Waals surface area (Å²) in [6, 6.07) is 12.5. The molecule has 0 saturated carbocycles. The fraction of sp³-hybridized carbons (Fsp3) is 0.292. The Kier molecular flexibility index (Phi) is 7.72. The summed E-state index contributed by atoms with van der Waals surface area (Å²) in [4.78, 5) is 51.9. The van der Waals surface area contributed by atoms with Gasteiger partial charge in [-0.2, -0.15) is 0 Å². The third kappa shape index (κ3) is 5.83. The van der Waals surface area contributed by atoms with Gasteiger partial charge in [-0.3, -0.25) is 24.6 Å². The molecule has 0 spiro atoms. The van der Waals surface area contributed by atoms with Gasteiger partial charge in [-0.1, -0.05) is 41.9 Å².